The molecule has 6 heteroatoms. The van der Waals surface area contributed by atoms with Crippen molar-refractivity contribution in [3.05, 3.63) is 65.7 Å². The molecule has 2 aromatic carbocycles. The summed E-state index contributed by atoms with van der Waals surface area (Å²) < 4.78 is 5.17. The lowest BCUT2D eigenvalue weighted by Gasteiger charge is -2.12. The molecular formula is C19H26IN3OS. The second-order valence-corrected chi connectivity index (χ2v) is 6.44. The van der Waals surface area contributed by atoms with Gasteiger partial charge in [-0.2, -0.15) is 0 Å². The molecule has 0 atom stereocenters. The van der Waals surface area contributed by atoms with Crippen molar-refractivity contribution in [1.29, 1.82) is 0 Å². The van der Waals surface area contributed by atoms with Gasteiger partial charge >= 0.3 is 0 Å². The summed E-state index contributed by atoms with van der Waals surface area (Å²) >= 11 is 1.84. The molecule has 4 nitrogen and oxygen atoms in total. The highest BCUT2D eigenvalue weighted by Gasteiger charge is 2.00. The predicted molar refractivity (Wildman–Crippen MR) is 118 cm³/mol. The molecule has 0 spiro atoms. The molecule has 0 aliphatic rings. The monoisotopic (exact) mass is 471 g/mol. The Bertz CT molecular complexity index is 638. The van der Waals surface area contributed by atoms with Crippen molar-refractivity contribution in [2.75, 3.05) is 26.5 Å². The summed E-state index contributed by atoms with van der Waals surface area (Å²) in [6.07, 6.45) is 0. The topological polar surface area (TPSA) is 45.7 Å². The minimum atomic E-state index is 0. The molecule has 0 fully saturated rings. The molecule has 0 aliphatic heterocycles. The van der Waals surface area contributed by atoms with Crippen LogP contribution in [0, 0.1) is 0 Å². The Hall–Kier alpha value is -1.25. The molecule has 0 aromatic heterocycles. The van der Waals surface area contributed by atoms with Crippen molar-refractivity contribution in [2.24, 2.45) is 4.99 Å². The first kappa shape index (κ1) is 21.8. The molecular weight excluding hydrogens is 445 g/mol. The van der Waals surface area contributed by atoms with E-state index in [2.05, 4.69) is 64.2 Å². The first-order valence-electron chi connectivity index (χ1n) is 8.01. The van der Waals surface area contributed by atoms with Crippen LogP contribution >= 0.6 is 35.7 Å². The maximum Gasteiger partial charge on any atom is 0.191 e. The van der Waals surface area contributed by atoms with Crippen LogP contribution in [0.15, 0.2) is 64.5 Å². The van der Waals surface area contributed by atoms with Crippen LogP contribution < -0.4 is 10.6 Å². The summed E-state index contributed by atoms with van der Waals surface area (Å²) in [6.45, 7) is 2.24. The van der Waals surface area contributed by atoms with Gasteiger partial charge in [0.15, 0.2) is 5.96 Å². The van der Waals surface area contributed by atoms with Crippen molar-refractivity contribution >= 4 is 41.7 Å². The fourth-order valence-electron chi connectivity index (χ4n) is 2.26. The zero-order chi connectivity index (χ0) is 17.0. The van der Waals surface area contributed by atoms with Gasteiger partial charge in [0, 0.05) is 37.9 Å². The third-order valence-corrected chi connectivity index (χ3v) is 4.41. The molecule has 0 bridgehead atoms. The average molecular weight is 471 g/mol. The van der Waals surface area contributed by atoms with Gasteiger partial charge in [0.2, 0.25) is 0 Å². The van der Waals surface area contributed by atoms with Gasteiger partial charge in [-0.25, -0.2) is 0 Å². The van der Waals surface area contributed by atoms with Crippen LogP contribution in [0.5, 0.6) is 0 Å². The second kappa shape index (κ2) is 13.0. The zero-order valence-corrected chi connectivity index (χ0v) is 17.8. The Labute approximate surface area is 171 Å². The average Bonchev–Trinajstić information content (AvgIpc) is 2.63. The zero-order valence-electron chi connectivity index (χ0n) is 14.7. The van der Waals surface area contributed by atoms with Gasteiger partial charge in [-0.15, -0.1) is 35.7 Å². The van der Waals surface area contributed by atoms with Crippen molar-refractivity contribution in [1.82, 2.24) is 10.6 Å². The Morgan fingerprint density at radius 1 is 1.04 bits per heavy atom. The summed E-state index contributed by atoms with van der Waals surface area (Å²) in [7, 11) is 3.51. The van der Waals surface area contributed by atoms with Crippen LogP contribution in [0.25, 0.3) is 0 Å². The number of guanidine groups is 1. The number of nitrogens with zero attached hydrogens (tertiary/aromatic N) is 1. The molecule has 2 N–H and O–H groups in total. The first-order valence-corrected chi connectivity index (χ1v) is 8.99. The molecule has 0 saturated heterocycles. The number of hydrogen-bond acceptors (Lipinski definition) is 3. The van der Waals surface area contributed by atoms with E-state index in [9.17, 15) is 0 Å². The highest BCUT2D eigenvalue weighted by atomic mass is 127. The molecule has 136 valence electrons. The van der Waals surface area contributed by atoms with Gasteiger partial charge in [-0.3, -0.25) is 4.99 Å². The molecule has 25 heavy (non-hydrogen) atoms. The van der Waals surface area contributed by atoms with Gasteiger partial charge < -0.3 is 15.4 Å². The number of methoxy groups -OCH3 is 1. The Balaban J connectivity index is 0.00000312. The van der Waals surface area contributed by atoms with E-state index < -0.39 is 0 Å². The maximum atomic E-state index is 5.17. The number of thioether (sulfide) groups is 1. The van der Waals surface area contributed by atoms with E-state index in [1.165, 1.54) is 16.0 Å². The van der Waals surface area contributed by atoms with Gasteiger partial charge in [-0.1, -0.05) is 42.5 Å². The lowest BCUT2D eigenvalue weighted by Crippen LogP contribution is -2.37. The van der Waals surface area contributed by atoms with Gasteiger partial charge in [0.25, 0.3) is 0 Å². The van der Waals surface area contributed by atoms with Crippen molar-refractivity contribution in [3.63, 3.8) is 0 Å². The number of hydrogen-bond donors (Lipinski definition) is 2. The first-order chi connectivity index (χ1) is 11.8. The van der Waals surface area contributed by atoms with Crippen LogP contribution in [0.4, 0.5) is 0 Å². The van der Waals surface area contributed by atoms with Crippen LogP contribution in [0.3, 0.4) is 0 Å². The summed E-state index contributed by atoms with van der Waals surface area (Å²) in [5.41, 5.74) is 2.39. The normalized spacial score (nSPS) is 10.9. The Kier molecular flexibility index (Phi) is 11.3. The Morgan fingerprint density at radius 2 is 1.80 bits per heavy atom. The van der Waals surface area contributed by atoms with Crippen LogP contribution in [0.2, 0.25) is 0 Å². The summed E-state index contributed by atoms with van der Waals surface area (Å²) in [6, 6.07) is 18.8. The van der Waals surface area contributed by atoms with E-state index in [1.807, 2.05) is 17.8 Å². The van der Waals surface area contributed by atoms with Crippen molar-refractivity contribution in [3.8, 4) is 0 Å². The lowest BCUT2D eigenvalue weighted by atomic mass is 10.1. The van der Waals surface area contributed by atoms with E-state index >= 15 is 0 Å². The van der Waals surface area contributed by atoms with E-state index in [-0.39, 0.29) is 24.0 Å². The smallest absolute Gasteiger partial charge is 0.191 e. The maximum absolute atomic E-state index is 5.17. The third-order valence-electron chi connectivity index (χ3n) is 3.39. The summed E-state index contributed by atoms with van der Waals surface area (Å²) in [5.74, 6) is 1.81. The van der Waals surface area contributed by atoms with E-state index in [4.69, 9.17) is 4.74 Å². The molecule has 0 aliphatic carbocycles. The fraction of sp³-hybridized carbons (Fsp3) is 0.316. The fourth-order valence-corrected chi connectivity index (χ4v) is 3.05. The van der Waals surface area contributed by atoms with Crippen molar-refractivity contribution in [2.45, 2.75) is 18.0 Å². The minimum absolute atomic E-state index is 0. The quantitative estimate of drug-likeness (QED) is 0.202. The van der Waals surface area contributed by atoms with Crippen LogP contribution in [-0.4, -0.2) is 32.4 Å². The molecule has 2 aromatic rings. The van der Waals surface area contributed by atoms with E-state index in [1.54, 1.807) is 14.2 Å². The SMILES string of the molecule is CN=C(NCCSc1ccccc1)NCc1cccc(COC)c1.I. The van der Waals surface area contributed by atoms with Crippen LogP contribution in [-0.2, 0) is 17.9 Å². The third kappa shape index (κ3) is 8.60. The standard InChI is InChI=1S/C19H25N3OS.HI/c1-20-19(21-11-12-24-18-9-4-3-5-10-18)22-14-16-7-6-8-17(13-16)15-23-2;/h3-10,13H,11-12,14-15H2,1-2H3,(H2,20,21,22);1H. The highest BCUT2D eigenvalue weighted by Crippen LogP contribution is 2.15. The highest BCUT2D eigenvalue weighted by molar-refractivity contribution is 14.0. The molecule has 0 unspecified atom stereocenters. The van der Waals surface area contributed by atoms with Crippen molar-refractivity contribution < 1.29 is 4.74 Å². The number of ether oxygens (including phenoxy) is 1. The number of rotatable bonds is 8. The molecule has 0 amide bonds. The number of aliphatic imine (C=N–C) groups is 1. The predicted octanol–water partition coefficient (Wildman–Crippen LogP) is 3.91. The molecule has 2 rings (SSSR count). The molecule has 0 radical (unpaired) electrons. The van der Waals surface area contributed by atoms with E-state index in [0.717, 1.165) is 24.8 Å². The summed E-state index contributed by atoms with van der Waals surface area (Å²) in [5, 5.41) is 6.69. The number of benzene rings is 2. The molecule has 0 heterocycles. The number of nitrogens with one attached hydrogen (secondary N) is 2. The molecule has 0 saturated carbocycles. The minimum Gasteiger partial charge on any atom is -0.380 e. The lowest BCUT2D eigenvalue weighted by molar-refractivity contribution is 0.185. The largest absolute Gasteiger partial charge is 0.380 e. The van der Waals surface area contributed by atoms with E-state index in [0.29, 0.717) is 6.61 Å². The van der Waals surface area contributed by atoms with Crippen LogP contribution in [0.1, 0.15) is 11.1 Å². The number of halogens is 1. The van der Waals surface area contributed by atoms with Gasteiger partial charge in [-0.05, 0) is 23.3 Å². The summed E-state index contributed by atoms with van der Waals surface area (Å²) in [4.78, 5) is 5.56. The van der Waals surface area contributed by atoms with Gasteiger partial charge in [0.1, 0.15) is 0 Å². The second-order valence-electron chi connectivity index (χ2n) is 5.27. The Morgan fingerprint density at radius 3 is 2.52 bits per heavy atom. The van der Waals surface area contributed by atoms with Gasteiger partial charge in [0.05, 0.1) is 6.61 Å².